The summed E-state index contributed by atoms with van der Waals surface area (Å²) in [6.07, 6.45) is -0.935. The lowest BCUT2D eigenvalue weighted by atomic mass is 10.0. The largest absolute Gasteiger partial charge is 0.451 e. The Morgan fingerprint density at radius 1 is 0.875 bits per heavy atom. The van der Waals surface area contributed by atoms with Gasteiger partial charge in [-0.3, -0.25) is 4.79 Å². The molecule has 0 radical (unpaired) electrons. The quantitative estimate of drug-likeness (QED) is 0.257. The number of aryl methyl sites for hydroxylation is 2. The molecule has 3 aromatic carbocycles. The van der Waals surface area contributed by atoms with Crippen molar-refractivity contribution in [1.82, 2.24) is 4.98 Å². The summed E-state index contributed by atoms with van der Waals surface area (Å²) in [5.41, 5.74) is 5.14. The van der Waals surface area contributed by atoms with E-state index in [1.165, 1.54) is 0 Å². The number of fused-ring (bicyclic) bond motifs is 1. The van der Waals surface area contributed by atoms with E-state index in [4.69, 9.17) is 21.3 Å². The maximum Gasteiger partial charge on any atom is 0.339 e. The number of aromatic nitrogens is 1. The van der Waals surface area contributed by atoms with Gasteiger partial charge in [-0.25, -0.2) is 9.78 Å². The average Bonchev–Trinajstić information content (AvgIpc) is 2.78. The Kier molecular flexibility index (Phi) is 6.06. The van der Waals surface area contributed by atoms with Gasteiger partial charge in [0.2, 0.25) is 5.78 Å². The molecule has 0 saturated carbocycles. The zero-order valence-corrected chi connectivity index (χ0v) is 18.8. The van der Waals surface area contributed by atoms with Gasteiger partial charge in [0, 0.05) is 21.5 Å². The Balaban J connectivity index is 1.70. The number of pyridine rings is 1. The molecule has 1 atom stereocenters. The number of benzene rings is 3. The van der Waals surface area contributed by atoms with Crippen molar-refractivity contribution in [2.45, 2.75) is 26.9 Å². The summed E-state index contributed by atoms with van der Waals surface area (Å²) in [6.45, 7) is 5.54. The molecular weight excluding hydrogens is 422 g/mol. The Bertz CT molecular complexity index is 1310. The van der Waals surface area contributed by atoms with Gasteiger partial charge in [-0.15, -0.1) is 0 Å². The van der Waals surface area contributed by atoms with Crippen LogP contribution >= 0.6 is 11.6 Å². The smallest absolute Gasteiger partial charge is 0.339 e. The van der Waals surface area contributed by atoms with Crippen LogP contribution < -0.4 is 0 Å². The van der Waals surface area contributed by atoms with E-state index < -0.39 is 12.1 Å². The van der Waals surface area contributed by atoms with Gasteiger partial charge in [0.15, 0.2) is 6.10 Å². The molecule has 0 saturated heterocycles. The van der Waals surface area contributed by atoms with Crippen LogP contribution in [0, 0.1) is 13.8 Å². The van der Waals surface area contributed by atoms with E-state index in [9.17, 15) is 9.59 Å². The van der Waals surface area contributed by atoms with Crippen molar-refractivity contribution in [3.63, 3.8) is 0 Å². The molecule has 4 aromatic rings. The second kappa shape index (κ2) is 8.93. The van der Waals surface area contributed by atoms with Gasteiger partial charge in [-0.05, 0) is 45.0 Å². The molecular formula is C27H22ClNO3. The van der Waals surface area contributed by atoms with E-state index in [0.717, 1.165) is 16.7 Å². The zero-order chi connectivity index (χ0) is 22.8. The Hall–Kier alpha value is -3.50. The van der Waals surface area contributed by atoms with Crippen LogP contribution in [-0.2, 0) is 4.74 Å². The van der Waals surface area contributed by atoms with Crippen molar-refractivity contribution < 1.29 is 14.3 Å². The lowest BCUT2D eigenvalue weighted by Crippen LogP contribution is -2.24. The van der Waals surface area contributed by atoms with Crippen molar-refractivity contribution in [2.75, 3.05) is 0 Å². The second-order valence-corrected chi connectivity index (χ2v) is 8.30. The highest BCUT2D eigenvalue weighted by Crippen LogP contribution is 2.28. The first-order valence-corrected chi connectivity index (χ1v) is 10.7. The number of Topliss-reactive ketones (excluding diaryl/α,β-unsaturated/α-hetero) is 1. The van der Waals surface area contributed by atoms with Gasteiger partial charge in [0.05, 0.1) is 16.8 Å². The minimum atomic E-state index is -0.935. The summed E-state index contributed by atoms with van der Waals surface area (Å²) in [7, 11) is 0. The van der Waals surface area contributed by atoms with E-state index in [2.05, 4.69) is 0 Å². The molecule has 4 nitrogen and oxygen atoms in total. The van der Waals surface area contributed by atoms with E-state index in [1.54, 1.807) is 43.3 Å². The predicted molar refractivity (Wildman–Crippen MR) is 127 cm³/mol. The van der Waals surface area contributed by atoms with Crippen LogP contribution in [0.3, 0.4) is 0 Å². The zero-order valence-electron chi connectivity index (χ0n) is 18.1. The van der Waals surface area contributed by atoms with Crippen LogP contribution in [0.1, 0.15) is 38.8 Å². The summed E-state index contributed by atoms with van der Waals surface area (Å²) in [5.74, 6) is -0.852. The van der Waals surface area contributed by atoms with Crippen molar-refractivity contribution >= 4 is 34.3 Å². The fourth-order valence-corrected chi connectivity index (χ4v) is 3.64. The number of ketones is 1. The highest BCUT2D eigenvalue weighted by molar-refractivity contribution is 6.31. The molecule has 0 bridgehead atoms. The van der Waals surface area contributed by atoms with Crippen molar-refractivity contribution in [3.8, 4) is 11.3 Å². The minimum absolute atomic E-state index is 0.256. The van der Waals surface area contributed by atoms with Gasteiger partial charge < -0.3 is 4.74 Å². The number of halogens is 1. The Morgan fingerprint density at radius 3 is 2.16 bits per heavy atom. The van der Waals surface area contributed by atoms with E-state index >= 15 is 0 Å². The molecule has 0 aliphatic carbocycles. The third-order valence-electron chi connectivity index (χ3n) is 5.33. The lowest BCUT2D eigenvalue weighted by molar-refractivity contribution is 0.0320. The van der Waals surface area contributed by atoms with E-state index in [-0.39, 0.29) is 5.78 Å². The molecule has 0 amide bonds. The number of hydrogen-bond acceptors (Lipinski definition) is 4. The third-order valence-corrected chi connectivity index (χ3v) is 5.56. The van der Waals surface area contributed by atoms with E-state index in [1.807, 2.05) is 50.2 Å². The number of rotatable bonds is 5. The number of carbonyl (C=O) groups excluding carboxylic acids is 2. The van der Waals surface area contributed by atoms with Gasteiger partial charge in [0.1, 0.15) is 0 Å². The normalized spacial score (nSPS) is 11.9. The Labute approximate surface area is 191 Å². The molecule has 160 valence electrons. The van der Waals surface area contributed by atoms with Gasteiger partial charge in [0.25, 0.3) is 0 Å². The fraction of sp³-hybridized carbons (Fsp3) is 0.148. The van der Waals surface area contributed by atoms with Crippen LogP contribution in [0.2, 0.25) is 5.02 Å². The standard InChI is InChI=1S/C27H22ClNO3/c1-16-4-8-19(9-5-16)25-15-23(22-14-21(28)12-13-24(22)29-25)27(31)32-18(3)26(30)20-10-6-17(2)7-11-20/h4-15,18H,1-3H3/t18-/m1/s1. The predicted octanol–water partition coefficient (Wildman–Crippen LogP) is 6.60. The van der Waals surface area contributed by atoms with E-state index in [0.29, 0.717) is 32.7 Å². The molecule has 1 aromatic heterocycles. The first kappa shape index (κ1) is 21.7. The number of hydrogen-bond donors (Lipinski definition) is 0. The van der Waals surface area contributed by atoms with Crippen LogP contribution in [0.4, 0.5) is 0 Å². The first-order chi connectivity index (χ1) is 15.3. The van der Waals surface area contributed by atoms with Crippen molar-refractivity contribution in [3.05, 3.63) is 100 Å². The van der Waals surface area contributed by atoms with Crippen LogP contribution in [-0.4, -0.2) is 22.8 Å². The maximum atomic E-state index is 13.2. The summed E-state index contributed by atoms with van der Waals surface area (Å²) in [4.78, 5) is 30.6. The first-order valence-electron chi connectivity index (χ1n) is 10.3. The van der Waals surface area contributed by atoms with Crippen molar-refractivity contribution in [2.24, 2.45) is 0 Å². The average molecular weight is 444 g/mol. The second-order valence-electron chi connectivity index (χ2n) is 7.86. The summed E-state index contributed by atoms with van der Waals surface area (Å²) in [6, 6.07) is 21.9. The van der Waals surface area contributed by atoms with Gasteiger partial charge >= 0.3 is 5.97 Å². The van der Waals surface area contributed by atoms with Crippen LogP contribution in [0.25, 0.3) is 22.2 Å². The maximum absolute atomic E-state index is 13.2. The van der Waals surface area contributed by atoms with Crippen LogP contribution in [0.15, 0.2) is 72.8 Å². The topological polar surface area (TPSA) is 56.3 Å². The molecule has 4 rings (SSSR count). The summed E-state index contributed by atoms with van der Waals surface area (Å²) in [5, 5.41) is 1.06. The molecule has 1 heterocycles. The van der Waals surface area contributed by atoms with Crippen molar-refractivity contribution in [1.29, 1.82) is 0 Å². The highest BCUT2D eigenvalue weighted by atomic mass is 35.5. The molecule has 0 aliphatic rings. The number of carbonyl (C=O) groups is 2. The molecule has 32 heavy (non-hydrogen) atoms. The molecule has 0 unspecified atom stereocenters. The third kappa shape index (κ3) is 4.56. The van der Waals surface area contributed by atoms with Crippen LogP contribution in [0.5, 0.6) is 0 Å². The number of ether oxygens (including phenoxy) is 1. The Morgan fingerprint density at radius 2 is 1.50 bits per heavy atom. The monoisotopic (exact) mass is 443 g/mol. The lowest BCUT2D eigenvalue weighted by Gasteiger charge is -2.15. The summed E-state index contributed by atoms with van der Waals surface area (Å²) >= 11 is 6.18. The summed E-state index contributed by atoms with van der Waals surface area (Å²) < 4.78 is 5.58. The highest BCUT2D eigenvalue weighted by Gasteiger charge is 2.23. The number of esters is 1. The van der Waals surface area contributed by atoms with Gasteiger partial charge in [-0.2, -0.15) is 0 Å². The number of nitrogens with zero attached hydrogens (tertiary/aromatic N) is 1. The molecule has 0 N–H and O–H groups in total. The molecule has 0 fully saturated rings. The van der Waals surface area contributed by atoms with Gasteiger partial charge in [-0.1, -0.05) is 71.3 Å². The SMILES string of the molecule is Cc1ccc(C(=O)[C@@H](C)OC(=O)c2cc(-c3ccc(C)cc3)nc3ccc(Cl)cc23)cc1. The molecule has 0 spiro atoms. The fourth-order valence-electron chi connectivity index (χ4n) is 3.47. The molecule has 5 heteroatoms. The minimum Gasteiger partial charge on any atom is -0.451 e. The molecule has 0 aliphatic heterocycles.